The zero-order valence-corrected chi connectivity index (χ0v) is 14.4. The van der Waals surface area contributed by atoms with Crippen molar-refractivity contribution in [3.8, 4) is 10.6 Å². The number of nitrogens with one attached hydrogen (secondary N) is 2. The van der Waals surface area contributed by atoms with Crippen molar-refractivity contribution in [2.75, 3.05) is 40.3 Å². The molecule has 3 rings (SSSR count). The van der Waals surface area contributed by atoms with Gasteiger partial charge in [-0.05, 0) is 18.5 Å². The highest BCUT2D eigenvalue weighted by atomic mass is 32.1. The van der Waals surface area contributed by atoms with Crippen LogP contribution in [0.15, 0.2) is 23.7 Å². The van der Waals surface area contributed by atoms with Crippen molar-refractivity contribution in [2.24, 2.45) is 5.92 Å². The van der Waals surface area contributed by atoms with E-state index in [1.54, 1.807) is 18.4 Å². The van der Waals surface area contributed by atoms with Crippen molar-refractivity contribution >= 4 is 17.2 Å². The van der Waals surface area contributed by atoms with Crippen LogP contribution in [-0.4, -0.2) is 66.2 Å². The minimum atomic E-state index is 0.00425. The minimum absolute atomic E-state index is 0.00425. The van der Waals surface area contributed by atoms with Gasteiger partial charge in [-0.2, -0.15) is 5.10 Å². The second kappa shape index (κ2) is 7.25. The Labute approximate surface area is 140 Å². The third kappa shape index (κ3) is 3.80. The Kier molecular flexibility index (Phi) is 5.09. The summed E-state index contributed by atoms with van der Waals surface area (Å²) in [6.45, 7) is 4.32. The maximum Gasteiger partial charge on any atom is 0.225 e. The summed E-state index contributed by atoms with van der Waals surface area (Å²) >= 11 is 1.71. The molecule has 3 heterocycles. The van der Waals surface area contributed by atoms with Gasteiger partial charge in [-0.25, -0.2) is 0 Å². The molecule has 0 spiro atoms. The maximum absolute atomic E-state index is 12.1. The molecule has 0 radical (unpaired) electrons. The Morgan fingerprint density at radius 2 is 2.35 bits per heavy atom. The molecule has 1 atom stereocenters. The summed E-state index contributed by atoms with van der Waals surface area (Å²) in [5.41, 5.74) is 2.28. The Morgan fingerprint density at radius 1 is 1.48 bits per heavy atom. The molecule has 0 unspecified atom stereocenters. The van der Waals surface area contributed by atoms with Crippen LogP contribution >= 0.6 is 11.3 Å². The predicted octanol–water partition coefficient (Wildman–Crippen LogP) is 1.25. The lowest BCUT2D eigenvalue weighted by molar-refractivity contribution is -0.125. The first kappa shape index (κ1) is 16.2. The molecule has 0 aliphatic carbocycles. The zero-order chi connectivity index (χ0) is 16.2. The van der Waals surface area contributed by atoms with Gasteiger partial charge in [0.15, 0.2) is 0 Å². The quantitative estimate of drug-likeness (QED) is 0.884. The molecule has 2 aromatic rings. The number of hydrogen-bond donors (Lipinski definition) is 2. The summed E-state index contributed by atoms with van der Waals surface area (Å²) in [6, 6.07) is 4.15. The molecule has 6 nitrogen and oxygen atoms in total. The van der Waals surface area contributed by atoms with Gasteiger partial charge < -0.3 is 10.2 Å². The molecule has 7 heteroatoms. The van der Waals surface area contributed by atoms with E-state index < -0.39 is 0 Å². The number of hydrogen-bond acceptors (Lipinski definition) is 5. The molecule has 1 aliphatic rings. The number of carbonyl (C=O) groups is 1. The molecule has 2 N–H and O–H groups in total. The second-order valence-electron chi connectivity index (χ2n) is 6.06. The molecule has 1 fully saturated rings. The highest BCUT2D eigenvalue weighted by molar-refractivity contribution is 7.13. The number of amides is 1. The molecular formula is C16H23N5OS. The van der Waals surface area contributed by atoms with Gasteiger partial charge >= 0.3 is 0 Å². The Hall–Kier alpha value is -1.70. The number of likely N-dealkylation sites (N-methyl/N-ethyl adjacent to an activating group) is 1. The van der Waals surface area contributed by atoms with Gasteiger partial charge in [0, 0.05) is 45.3 Å². The Bertz CT molecular complexity index is 639. The third-order valence-corrected chi connectivity index (χ3v) is 5.19. The molecule has 124 valence electrons. The van der Waals surface area contributed by atoms with Crippen LogP contribution in [0, 0.1) is 5.92 Å². The Morgan fingerprint density at radius 3 is 3.09 bits per heavy atom. The largest absolute Gasteiger partial charge is 0.359 e. The van der Waals surface area contributed by atoms with Gasteiger partial charge in [-0.3, -0.25) is 14.8 Å². The maximum atomic E-state index is 12.1. The van der Waals surface area contributed by atoms with Crippen LogP contribution in [0.5, 0.6) is 0 Å². The fourth-order valence-electron chi connectivity index (χ4n) is 3.06. The highest BCUT2D eigenvalue weighted by Gasteiger charge is 2.26. The van der Waals surface area contributed by atoms with E-state index >= 15 is 0 Å². The van der Waals surface area contributed by atoms with Crippen molar-refractivity contribution in [3.63, 3.8) is 0 Å². The SMILES string of the molecule is CNC(=O)[C@H]1CN(C)CCN(Cc2cn[nH]c2-c2cccs2)C1. The summed E-state index contributed by atoms with van der Waals surface area (Å²) in [7, 11) is 3.79. The molecular weight excluding hydrogens is 310 g/mol. The molecule has 0 bridgehead atoms. The number of aromatic amines is 1. The van der Waals surface area contributed by atoms with E-state index in [0.29, 0.717) is 0 Å². The molecule has 1 aliphatic heterocycles. The topological polar surface area (TPSA) is 64.3 Å². The first-order chi connectivity index (χ1) is 11.2. The van der Waals surface area contributed by atoms with E-state index in [4.69, 9.17) is 0 Å². The highest BCUT2D eigenvalue weighted by Crippen LogP contribution is 2.27. The van der Waals surface area contributed by atoms with Crippen LogP contribution in [0.3, 0.4) is 0 Å². The van der Waals surface area contributed by atoms with Crippen LogP contribution in [0.4, 0.5) is 0 Å². The molecule has 23 heavy (non-hydrogen) atoms. The number of aromatic nitrogens is 2. The average Bonchev–Trinajstić information content (AvgIpc) is 3.18. The Balaban J connectivity index is 1.74. The lowest BCUT2D eigenvalue weighted by atomic mass is 10.1. The second-order valence-corrected chi connectivity index (χ2v) is 7.00. The molecule has 0 aromatic carbocycles. The lowest BCUT2D eigenvalue weighted by Gasteiger charge is -2.22. The first-order valence-corrected chi connectivity index (χ1v) is 8.74. The van der Waals surface area contributed by atoms with Crippen LogP contribution in [0.25, 0.3) is 10.6 Å². The van der Waals surface area contributed by atoms with E-state index in [9.17, 15) is 4.79 Å². The van der Waals surface area contributed by atoms with E-state index in [2.05, 4.69) is 43.8 Å². The van der Waals surface area contributed by atoms with Gasteiger partial charge in [0.1, 0.15) is 0 Å². The third-order valence-electron chi connectivity index (χ3n) is 4.31. The van der Waals surface area contributed by atoms with Crippen molar-refractivity contribution in [1.29, 1.82) is 0 Å². The van der Waals surface area contributed by atoms with Crippen molar-refractivity contribution in [2.45, 2.75) is 6.54 Å². The number of rotatable bonds is 4. The first-order valence-electron chi connectivity index (χ1n) is 7.86. The normalized spacial score (nSPS) is 20.3. The van der Waals surface area contributed by atoms with Crippen molar-refractivity contribution in [1.82, 2.24) is 25.3 Å². The van der Waals surface area contributed by atoms with Crippen LogP contribution in [0.1, 0.15) is 5.56 Å². The molecule has 1 amide bonds. The number of carbonyl (C=O) groups excluding carboxylic acids is 1. The van der Waals surface area contributed by atoms with Gasteiger partial charge in [-0.1, -0.05) is 6.07 Å². The van der Waals surface area contributed by atoms with Crippen molar-refractivity contribution < 1.29 is 4.79 Å². The number of thiophene rings is 1. The van der Waals surface area contributed by atoms with E-state index in [1.165, 1.54) is 10.4 Å². The molecule has 1 saturated heterocycles. The van der Waals surface area contributed by atoms with Crippen LogP contribution in [0.2, 0.25) is 0 Å². The zero-order valence-electron chi connectivity index (χ0n) is 13.6. The van der Waals surface area contributed by atoms with Gasteiger partial charge in [-0.15, -0.1) is 11.3 Å². The van der Waals surface area contributed by atoms with Crippen molar-refractivity contribution in [3.05, 3.63) is 29.3 Å². The summed E-state index contributed by atoms with van der Waals surface area (Å²) in [5.74, 6) is 0.124. The van der Waals surface area contributed by atoms with E-state index in [-0.39, 0.29) is 11.8 Å². The standard InChI is InChI=1S/C16H23N5OS/c1-17-16(22)13-9-20(2)5-6-21(11-13)10-12-8-18-19-15(12)14-4-3-7-23-14/h3-4,7-8,13H,5-6,9-11H2,1-2H3,(H,17,22)(H,18,19)/t13-/m0/s1. The summed E-state index contributed by atoms with van der Waals surface area (Å²) in [4.78, 5) is 17.9. The van der Waals surface area contributed by atoms with E-state index in [1.807, 2.05) is 12.3 Å². The smallest absolute Gasteiger partial charge is 0.225 e. The molecule has 0 saturated carbocycles. The number of H-pyrrole nitrogens is 1. The fraction of sp³-hybridized carbons (Fsp3) is 0.500. The van der Waals surface area contributed by atoms with Gasteiger partial charge in [0.25, 0.3) is 0 Å². The average molecular weight is 333 g/mol. The summed E-state index contributed by atoms with van der Waals surface area (Å²) < 4.78 is 0. The number of nitrogens with zero attached hydrogens (tertiary/aromatic N) is 3. The van der Waals surface area contributed by atoms with E-state index in [0.717, 1.165) is 38.4 Å². The molecule has 2 aromatic heterocycles. The van der Waals surface area contributed by atoms with Gasteiger partial charge in [0.2, 0.25) is 5.91 Å². The van der Waals surface area contributed by atoms with Crippen LogP contribution in [-0.2, 0) is 11.3 Å². The fourth-order valence-corrected chi connectivity index (χ4v) is 3.82. The minimum Gasteiger partial charge on any atom is -0.359 e. The summed E-state index contributed by atoms with van der Waals surface area (Å²) in [6.07, 6.45) is 1.90. The monoisotopic (exact) mass is 333 g/mol. The summed E-state index contributed by atoms with van der Waals surface area (Å²) in [5, 5.41) is 12.2. The predicted molar refractivity (Wildman–Crippen MR) is 92.2 cm³/mol. The van der Waals surface area contributed by atoms with Crippen LogP contribution < -0.4 is 5.32 Å². The van der Waals surface area contributed by atoms with Gasteiger partial charge in [0.05, 0.1) is 22.7 Å². The lowest BCUT2D eigenvalue weighted by Crippen LogP contribution is -2.39.